The summed E-state index contributed by atoms with van der Waals surface area (Å²) >= 11 is 0. The fraction of sp³-hybridized carbons (Fsp3) is 0.462. The molecule has 0 spiro atoms. The summed E-state index contributed by atoms with van der Waals surface area (Å²) in [4.78, 5) is 11.6. The molecule has 0 saturated carbocycles. The van der Waals surface area contributed by atoms with Crippen LogP contribution in [0.5, 0.6) is 0 Å². The van der Waals surface area contributed by atoms with Gasteiger partial charge in [-0.2, -0.15) is 0 Å². The minimum atomic E-state index is -0.900. The first-order chi connectivity index (χ1) is 8.41. The summed E-state index contributed by atoms with van der Waals surface area (Å²) < 4.78 is 26.3. The quantitative estimate of drug-likeness (QED) is 0.628. The average molecular weight is 256 g/mol. The third kappa shape index (κ3) is 3.98. The molecule has 0 aliphatic rings. The van der Waals surface area contributed by atoms with Gasteiger partial charge in [0, 0.05) is 12.6 Å². The van der Waals surface area contributed by atoms with Crippen LogP contribution < -0.4 is 11.1 Å². The molecule has 0 aromatic heterocycles. The number of hydrogen-bond acceptors (Lipinski definition) is 2. The van der Waals surface area contributed by atoms with E-state index in [-0.39, 0.29) is 11.3 Å². The molecule has 3 N–H and O–H groups in total. The number of halogens is 2. The standard InChI is InChI=1S/C13H18F2N2O/c1-8(2)4-3-5-17-13(18)9-6-12(16)11(15)7-10(9)14/h6-8H,3-5,16H2,1-2H3,(H,17,18). The van der Waals surface area contributed by atoms with Crippen LogP contribution in [0.2, 0.25) is 0 Å². The van der Waals surface area contributed by atoms with Crippen molar-refractivity contribution in [2.24, 2.45) is 5.92 Å². The van der Waals surface area contributed by atoms with Crippen LogP contribution in [0.25, 0.3) is 0 Å². The van der Waals surface area contributed by atoms with Crippen molar-refractivity contribution >= 4 is 11.6 Å². The van der Waals surface area contributed by atoms with E-state index in [9.17, 15) is 13.6 Å². The molecule has 0 aliphatic heterocycles. The van der Waals surface area contributed by atoms with Crippen molar-refractivity contribution in [3.63, 3.8) is 0 Å². The fourth-order valence-corrected chi connectivity index (χ4v) is 1.55. The highest BCUT2D eigenvalue weighted by Gasteiger charge is 2.14. The Balaban J connectivity index is 2.59. The third-order valence-corrected chi connectivity index (χ3v) is 2.57. The maximum Gasteiger partial charge on any atom is 0.254 e. The van der Waals surface area contributed by atoms with Gasteiger partial charge in [-0.05, 0) is 24.8 Å². The molecule has 18 heavy (non-hydrogen) atoms. The van der Waals surface area contributed by atoms with Crippen LogP contribution in [-0.2, 0) is 0 Å². The van der Waals surface area contributed by atoms with Crippen LogP contribution in [0, 0.1) is 17.6 Å². The maximum absolute atomic E-state index is 13.4. The first-order valence-corrected chi connectivity index (χ1v) is 5.94. The monoisotopic (exact) mass is 256 g/mol. The summed E-state index contributed by atoms with van der Waals surface area (Å²) in [5.74, 6) is -1.77. The lowest BCUT2D eigenvalue weighted by atomic mass is 10.1. The van der Waals surface area contributed by atoms with Gasteiger partial charge in [0.15, 0.2) is 0 Å². The minimum Gasteiger partial charge on any atom is -0.396 e. The van der Waals surface area contributed by atoms with Crippen molar-refractivity contribution in [1.29, 1.82) is 0 Å². The van der Waals surface area contributed by atoms with Crippen LogP contribution in [0.3, 0.4) is 0 Å². The largest absolute Gasteiger partial charge is 0.396 e. The number of hydrogen-bond donors (Lipinski definition) is 2. The van der Waals surface area contributed by atoms with Gasteiger partial charge in [0.1, 0.15) is 11.6 Å². The molecule has 0 bridgehead atoms. The Kier molecular flexibility index (Phi) is 5.07. The van der Waals surface area contributed by atoms with Gasteiger partial charge < -0.3 is 11.1 Å². The lowest BCUT2D eigenvalue weighted by Gasteiger charge is -2.08. The molecule has 5 heteroatoms. The third-order valence-electron chi connectivity index (χ3n) is 2.57. The lowest BCUT2D eigenvalue weighted by Crippen LogP contribution is -2.26. The van der Waals surface area contributed by atoms with Gasteiger partial charge in [-0.3, -0.25) is 4.79 Å². The number of nitrogen functional groups attached to an aromatic ring is 1. The average Bonchev–Trinajstić information content (AvgIpc) is 2.28. The van der Waals surface area contributed by atoms with Crippen molar-refractivity contribution in [3.8, 4) is 0 Å². The minimum absolute atomic E-state index is 0.224. The van der Waals surface area contributed by atoms with Crippen LogP contribution in [-0.4, -0.2) is 12.5 Å². The fourth-order valence-electron chi connectivity index (χ4n) is 1.55. The van der Waals surface area contributed by atoms with Crippen LogP contribution in [0.1, 0.15) is 37.0 Å². The predicted octanol–water partition coefficient (Wildman–Crippen LogP) is 2.71. The Morgan fingerprint density at radius 2 is 2.00 bits per heavy atom. The summed E-state index contributed by atoms with van der Waals surface area (Å²) in [6.45, 7) is 4.64. The van der Waals surface area contributed by atoms with E-state index in [1.165, 1.54) is 0 Å². The number of anilines is 1. The second kappa shape index (κ2) is 6.33. The summed E-state index contributed by atoms with van der Waals surface area (Å²) in [7, 11) is 0. The normalized spacial score (nSPS) is 10.7. The highest BCUT2D eigenvalue weighted by molar-refractivity contribution is 5.95. The molecule has 1 aromatic rings. The van der Waals surface area contributed by atoms with Crippen molar-refractivity contribution in [1.82, 2.24) is 5.32 Å². The zero-order valence-corrected chi connectivity index (χ0v) is 10.6. The molecule has 0 atom stereocenters. The molecular formula is C13H18F2N2O. The highest BCUT2D eigenvalue weighted by atomic mass is 19.1. The van der Waals surface area contributed by atoms with Crippen LogP contribution in [0.15, 0.2) is 12.1 Å². The number of amides is 1. The number of benzene rings is 1. The molecule has 0 aliphatic carbocycles. The Labute approximate surface area is 105 Å². The molecule has 0 heterocycles. The second-order valence-electron chi connectivity index (χ2n) is 4.65. The highest BCUT2D eigenvalue weighted by Crippen LogP contribution is 2.16. The lowest BCUT2D eigenvalue weighted by molar-refractivity contribution is 0.0948. The number of carbonyl (C=O) groups excluding carboxylic acids is 1. The topological polar surface area (TPSA) is 55.1 Å². The van der Waals surface area contributed by atoms with E-state index in [1.54, 1.807) is 0 Å². The van der Waals surface area contributed by atoms with Gasteiger partial charge in [-0.25, -0.2) is 8.78 Å². The molecular weight excluding hydrogens is 238 g/mol. The molecule has 1 aromatic carbocycles. The summed E-state index contributed by atoms with van der Waals surface area (Å²) in [6, 6.07) is 1.64. The predicted molar refractivity (Wildman–Crippen MR) is 67.2 cm³/mol. The molecule has 0 fully saturated rings. The molecule has 1 amide bonds. The molecule has 100 valence electrons. The Morgan fingerprint density at radius 3 is 2.61 bits per heavy atom. The Morgan fingerprint density at radius 1 is 1.33 bits per heavy atom. The van der Waals surface area contributed by atoms with E-state index in [4.69, 9.17) is 5.73 Å². The van der Waals surface area contributed by atoms with E-state index in [0.29, 0.717) is 18.5 Å². The molecule has 0 unspecified atom stereocenters. The van der Waals surface area contributed by atoms with Crippen molar-refractivity contribution in [3.05, 3.63) is 29.3 Å². The number of nitrogens with two attached hydrogens (primary N) is 1. The summed E-state index contributed by atoms with van der Waals surface area (Å²) in [5, 5.41) is 2.58. The van der Waals surface area contributed by atoms with Crippen LogP contribution >= 0.6 is 0 Å². The SMILES string of the molecule is CC(C)CCCNC(=O)c1cc(N)c(F)cc1F. The maximum atomic E-state index is 13.4. The molecule has 3 nitrogen and oxygen atoms in total. The van der Waals surface area contributed by atoms with E-state index in [0.717, 1.165) is 18.9 Å². The van der Waals surface area contributed by atoms with Crippen LogP contribution in [0.4, 0.5) is 14.5 Å². The van der Waals surface area contributed by atoms with E-state index >= 15 is 0 Å². The number of rotatable bonds is 5. The van der Waals surface area contributed by atoms with Gasteiger partial charge in [-0.1, -0.05) is 13.8 Å². The van der Waals surface area contributed by atoms with Crippen molar-refractivity contribution in [2.45, 2.75) is 26.7 Å². The van der Waals surface area contributed by atoms with E-state index < -0.39 is 17.5 Å². The Hall–Kier alpha value is -1.65. The molecule has 0 saturated heterocycles. The molecule has 1 rings (SSSR count). The number of carbonyl (C=O) groups is 1. The van der Waals surface area contributed by atoms with E-state index in [2.05, 4.69) is 19.2 Å². The Bertz CT molecular complexity index is 433. The second-order valence-corrected chi connectivity index (χ2v) is 4.65. The smallest absolute Gasteiger partial charge is 0.254 e. The first kappa shape index (κ1) is 14.4. The summed E-state index contributed by atoms with van der Waals surface area (Å²) in [6.07, 6.45) is 1.80. The summed E-state index contributed by atoms with van der Waals surface area (Å²) in [5.41, 5.74) is 4.84. The van der Waals surface area contributed by atoms with Gasteiger partial charge in [-0.15, -0.1) is 0 Å². The van der Waals surface area contributed by atoms with Crippen molar-refractivity contribution < 1.29 is 13.6 Å². The van der Waals surface area contributed by atoms with E-state index in [1.807, 2.05) is 0 Å². The van der Waals surface area contributed by atoms with Crippen molar-refractivity contribution in [2.75, 3.05) is 12.3 Å². The number of nitrogens with one attached hydrogen (secondary N) is 1. The van der Waals surface area contributed by atoms with Gasteiger partial charge in [0.2, 0.25) is 0 Å². The first-order valence-electron chi connectivity index (χ1n) is 5.94. The zero-order chi connectivity index (χ0) is 13.7. The van der Waals surface area contributed by atoms with Gasteiger partial charge in [0.25, 0.3) is 5.91 Å². The zero-order valence-electron chi connectivity index (χ0n) is 10.6. The molecule has 0 radical (unpaired) electrons. The van der Waals surface area contributed by atoms with Gasteiger partial charge in [0.05, 0.1) is 11.3 Å². The van der Waals surface area contributed by atoms with Gasteiger partial charge >= 0.3 is 0 Å².